The molecule has 0 radical (unpaired) electrons. The lowest BCUT2D eigenvalue weighted by Gasteiger charge is -2.14. The van der Waals surface area contributed by atoms with Crippen molar-refractivity contribution >= 4 is 63.8 Å². The Morgan fingerprint density at radius 3 is 1.86 bits per heavy atom. The molecule has 0 fully saturated rings. The van der Waals surface area contributed by atoms with E-state index in [1.54, 1.807) is 11.3 Å². The minimum atomic E-state index is 0.666. The normalized spacial score (nSPS) is 11.7. The largest absolute Gasteiger partial charge is 0.208 e. The molecule has 9 aromatic rings. The fraction of sp³-hybridized carbons (Fsp3) is 0. The van der Waals surface area contributed by atoms with Gasteiger partial charge in [0.25, 0.3) is 0 Å². The highest BCUT2D eigenvalue weighted by Crippen LogP contribution is 2.41. The fourth-order valence-electron chi connectivity index (χ4n) is 6.34. The third-order valence-electron chi connectivity index (χ3n) is 8.32. The molecule has 2 aromatic heterocycles. The highest BCUT2D eigenvalue weighted by atomic mass is 32.1. The molecule has 0 saturated heterocycles. The molecule has 0 amide bonds. The summed E-state index contributed by atoms with van der Waals surface area (Å²) in [6.07, 6.45) is 0. The van der Waals surface area contributed by atoms with Crippen LogP contribution in [0.2, 0.25) is 0 Å². The van der Waals surface area contributed by atoms with Crippen LogP contribution in [0.25, 0.3) is 86.7 Å². The van der Waals surface area contributed by atoms with Crippen LogP contribution < -0.4 is 0 Å². The first kappa shape index (κ1) is 24.2. The topological polar surface area (TPSA) is 38.7 Å². The molecule has 0 N–H and O–H groups in total. The molecule has 0 bridgehead atoms. The third kappa shape index (κ3) is 3.84. The maximum absolute atomic E-state index is 5.26. The zero-order chi connectivity index (χ0) is 28.3. The van der Waals surface area contributed by atoms with Crippen LogP contribution in [0.5, 0.6) is 0 Å². The number of benzene rings is 7. The Labute approximate surface area is 251 Å². The van der Waals surface area contributed by atoms with Gasteiger partial charge >= 0.3 is 0 Å². The first-order valence-corrected chi connectivity index (χ1v) is 15.2. The predicted molar refractivity (Wildman–Crippen MR) is 182 cm³/mol. The van der Waals surface area contributed by atoms with Crippen LogP contribution in [-0.4, -0.2) is 15.0 Å². The van der Waals surface area contributed by atoms with E-state index in [9.17, 15) is 0 Å². The molecule has 0 spiro atoms. The Morgan fingerprint density at radius 2 is 1.00 bits per heavy atom. The summed E-state index contributed by atoms with van der Waals surface area (Å²) in [5.41, 5.74) is 2.99. The zero-order valence-electron chi connectivity index (χ0n) is 23.0. The second-order valence-electron chi connectivity index (χ2n) is 10.8. The van der Waals surface area contributed by atoms with Crippen LogP contribution in [0, 0.1) is 0 Å². The summed E-state index contributed by atoms with van der Waals surface area (Å²) < 4.78 is 2.49. The van der Waals surface area contributed by atoms with E-state index >= 15 is 0 Å². The van der Waals surface area contributed by atoms with Gasteiger partial charge in [-0.05, 0) is 50.5 Å². The Kier molecular flexibility index (Phi) is 5.37. The SMILES string of the molecule is c1ccc(-c2nc(-c3cc4c5ccccc5ccc4c4ccccc34)nc(-c3cccc4sc5ccccc5c34)n2)cc1. The predicted octanol–water partition coefficient (Wildman–Crippen LogP) is 10.7. The van der Waals surface area contributed by atoms with E-state index in [2.05, 4.69) is 121 Å². The quantitative estimate of drug-likeness (QED) is 0.200. The molecule has 43 heavy (non-hydrogen) atoms. The van der Waals surface area contributed by atoms with Crippen molar-refractivity contribution in [3.05, 3.63) is 140 Å². The van der Waals surface area contributed by atoms with E-state index in [4.69, 9.17) is 15.0 Å². The summed E-state index contributed by atoms with van der Waals surface area (Å²) in [6.45, 7) is 0. The van der Waals surface area contributed by atoms with Crippen molar-refractivity contribution in [2.24, 2.45) is 0 Å². The van der Waals surface area contributed by atoms with E-state index < -0.39 is 0 Å². The van der Waals surface area contributed by atoms with E-state index in [1.807, 2.05) is 18.2 Å². The number of rotatable bonds is 3. The summed E-state index contributed by atoms with van der Waals surface area (Å²) in [6, 6.07) is 49.1. The first-order valence-electron chi connectivity index (χ1n) is 14.4. The lowest BCUT2D eigenvalue weighted by Crippen LogP contribution is -2.01. The van der Waals surface area contributed by atoms with Crippen molar-refractivity contribution in [3.8, 4) is 34.2 Å². The monoisotopic (exact) mass is 565 g/mol. The maximum atomic E-state index is 5.26. The standard InChI is InChI=1S/C39H23N3S/c1-2-12-25(13-3-1)37-40-38(31-18-10-20-35-36(31)30-17-8-9-19-34(30)43-35)42-39(41-37)33-23-32-26-14-5-4-11-24(26)21-22-29(32)27-15-6-7-16-28(27)33/h1-23H. The van der Waals surface area contributed by atoms with E-state index in [-0.39, 0.29) is 0 Å². The molecule has 0 saturated carbocycles. The number of aromatic nitrogens is 3. The Balaban J connectivity index is 1.39. The number of hydrogen-bond acceptors (Lipinski definition) is 4. The van der Waals surface area contributed by atoms with Gasteiger partial charge in [-0.1, -0.05) is 121 Å². The van der Waals surface area contributed by atoms with E-state index in [1.165, 1.54) is 47.1 Å². The van der Waals surface area contributed by atoms with E-state index in [0.29, 0.717) is 17.5 Å². The van der Waals surface area contributed by atoms with Crippen molar-refractivity contribution in [2.75, 3.05) is 0 Å². The number of hydrogen-bond donors (Lipinski definition) is 0. The van der Waals surface area contributed by atoms with Gasteiger partial charge in [-0.3, -0.25) is 0 Å². The van der Waals surface area contributed by atoms with E-state index in [0.717, 1.165) is 22.1 Å². The summed E-state index contributed by atoms with van der Waals surface area (Å²) in [4.78, 5) is 15.5. The smallest absolute Gasteiger partial charge is 0.164 e. The minimum Gasteiger partial charge on any atom is -0.208 e. The van der Waals surface area contributed by atoms with Gasteiger partial charge in [-0.2, -0.15) is 0 Å². The van der Waals surface area contributed by atoms with Gasteiger partial charge < -0.3 is 0 Å². The highest BCUT2D eigenvalue weighted by Gasteiger charge is 2.19. The molecule has 9 rings (SSSR count). The molecule has 7 aromatic carbocycles. The highest BCUT2D eigenvalue weighted by molar-refractivity contribution is 7.25. The van der Waals surface area contributed by atoms with Crippen molar-refractivity contribution in [1.82, 2.24) is 15.0 Å². The minimum absolute atomic E-state index is 0.666. The molecule has 0 unspecified atom stereocenters. The maximum Gasteiger partial charge on any atom is 0.164 e. The molecule has 4 heteroatoms. The number of thiophene rings is 1. The lowest BCUT2D eigenvalue weighted by molar-refractivity contribution is 1.08. The van der Waals surface area contributed by atoms with Crippen LogP contribution in [0.15, 0.2) is 140 Å². The molecular weight excluding hydrogens is 543 g/mol. The zero-order valence-corrected chi connectivity index (χ0v) is 23.8. The summed E-state index contributed by atoms with van der Waals surface area (Å²) in [5.74, 6) is 2.02. The molecule has 200 valence electrons. The summed E-state index contributed by atoms with van der Waals surface area (Å²) >= 11 is 1.80. The summed E-state index contributed by atoms with van der Waals surface area (Å²) in [7, 11) is 0. The van der Waals surface area contributed by atoms with Crippen molar-refractivity contribution in [2.45, 2.75) is 0 Å². The molecule has 2 heterocycles. The van der Waals surface area contributed by atoms with Crippen LogP contribution in [-0.2, 0) is 0 Å². The third-order valence-corrected chi connectivity index (χ3v) is 9.45. The number of nitrogens with zero attached hydrogens (tertiary/aromatic N) is 3. The average molecular weight is 566 g/mol. The molecule has 0 atom stereocenters. The Morgan fingerprint density at radius 1 is 0.372 bits per heavy atom. The summed E-state index contributed by atoms with van der Waals surface area (Å²) in [5, 5.41) is 9.59. The van der Waals surface area contributed by atoms with Gasteiger partial charge in [0.05, 0.1) is 0 Å². The molecule has 3 nitrogen and oxygen atoms in total. The van der Waals surface area contributed by atoms with Gasteiger partial charge in [0.1, 0.15) is 0 Å². The van der Waals surface area contributed by atoms with Crippen LogP contribution >= 0.6 is 11.3 Å². The first-order chi connectivity index (χ1) is 21.3. The Bertz CT molecular complexity index is 2510. The second kappa shape index (κ2) is 9.55. The van der Waals surface area contributed by atoms with Crippen molar-refractivity contribution < 1.29 is 0 Å². The van der Waals surface area contributed by atoms with Gasteiger partial charge in [-0.15, -0.1) is 11.3 Å². The molecule has 0 aliphatic rings. The van der Waals surface area contributed by atoms with Crippen LogP contribution in [0.3, 0.4) is 0 Å². The van der Waals surface area contributed by atoms with Gasteiger partial charge in [0, 0.05) is 36.9 Å². The molecular formula is C39H23N3S. The van der Waals surface area contributed by atoms with Gasteiger partial charge in [0.2, 0.25) is 0 Å². The van der Waals surface area contributed by atoms with Crippen LogP contribution in [0.4, 0.5) is 0 Å². The van der Waals surface area contributed by atoms with Crippen LogP contribution in [0.1, 0.15) is 0 Å². The second-order valence-corrected chi connectivity index (χ2v) is 11.9. The molecule has 0 aliphatic heterocycles. The van der Waals surface area contributed by atoms with Crippen molar-refractivity contribution in [1.29, 1.82) is 0 Å². The van der Waals surface area contributed by atoms with Gasteiger partial charge in [0.15, 0.2) is 17.5 Å². The van der Waals surface area contributed by atoms with Gasteiger partial charge in [-0.25, -0.2) is 15.0 Å². The Hall–Kier alpha value is -5.45. The number of fused-ring (bicyclic) bond motifs is 8. The average Bonchev–Trinajstić information content (AvgIpc) is 3.47. The fourth-order valence-corrected chi connectivity index (χ4v) is 7.47. The lowest BCUT2D eigenvalue weighted by atomic mass is 9.93. The van der Waals surface area contributed by atoms with Crippen molar-refractivity contribution in [3.63, 3.8) is 0 Å². The molecule has 0 aliphatic carbocycles.